The zero-order valence-electron chi connectivity index (χ0n) is 21.3. The van der Waals surface area contributed by atoms with Gasteiger partial charge in [0.25, 0.3) is 0 Å². The Morgan fingerprint density at radius 3 is 2.54 bits per heavy atom. The standard InChI is InChI=1S/C30H34FN5O/c1-2-34(26-11-4-3-5-12-26)20-17-32-29(37)24-15-18-35(19-16-24)30-33-27-13-6-7-14-28(27)36(30)22-23-9-8-10-25(31)21-23/h3-14,21,24H,2,15-20,22H2,1H3,(H,32,37). The van der Waals surface area contributed by atoms with Gasteiger partial charge >= 0.3 is 0 Å². The molecule has 192 valence electrons. The molecule has 3 aromatic carbocycles. The van der Waals surface area contributed by atoms with Crippen LogP contribution in [0.5, 0.6) is 0 Å². The quantitative estimate of drug-likeness (QED) is 0.349. The van der Waals surface area contributed by atoms with Crippen LogP contribution >= 0.6 is 0 Å². The van der Waals surface area contributed by atoms with Gasteiger partial charge in [-0.2, -0.15) is 0 Å². The molecular weight excluding hydrogens is 465 g/mol. The third kappa shape index (κ3) is 5.77. The molecule has 0 aliphatic carbocycles. The zero-order valence-corrected chi connectivity index (χ0v) is 21.3. The summed E-state index contributed by atoms with van der Waals surface area (Å²) in [5.41, 5.74) is 4.03. The van der Waals surface area contributed by atoms with E-state index >= 15 is 0 Å². The number of fused-ring (bicyclic) bond motifs is 1. The number of aromatic nitrogens is 2. The molecule has 0 spiro atoms. The molecule has 1 saturated heterocycles. The number of imidazole rings is 1. The van der Waals surface area contributed by atoms with Crippen LogP contribution < -0.4 is 15.1 Å². The molecule has 1 aliphatic rings. The van der Waals surface area contributed by atoms with E-state index in [1.165, 1.54) is 11.8 Å². The number of benzene rings is 3. The molecule has 1 fully saturated rings. The number of carbonyl (C=O) groups is 1. The Bertz CT molecular complexity index is 1330. The van der Waals surface area contributed by atoms with Gasteiger partial charge in [-0.25, -0.2) is 9.37 Å². The Labute approximate surface area is 217 Å². The summed E-state index contributed by atoms with van der Waals surface area (Å²) >= 11 is 0. The highest BCUT2D eigenvalue weighted by Gasteiger charge is 2.27. The lowest BCUT2D eigenvalue weighted by atomic mass is 9.96. The first kappa shape index (κ1) is 24.8. The number of nitrogens with zero attached hydrogens (tertiary/aromatic N) is 4. The average molecular weight is 500 g/mol. The number of anilines is 2. The van der Waals surface area contributed by atoms with Crippen LogP contribution in [0.25, 0.3) is 11.0 Å². The van der Waals surface area contributed by atoms with Gasteiger partial charge in [-0.1, -0.05) is 42.5 Å². The third-order valence-corrected chi connectivity index (χ3v) is 7.20. The minimum atomic E-state index is -0.235. The molecule has 6 nitrogen and oxygen atoms in total. The number of para-hydroxylation sites is 3. The van der Waals surface area contributed by atoms with Gasteiger partial charge in [0.2, 0.25) is 11.9 Å². The van der Waals surface area contributed by atoms with E-state index in [1.807, 2.05) is 42.5 Å². The number of hydrogen-bond donors (Lipinski definition) is 1. The van der Waals surface area contributed by atoms with E-state index in [4.69, 9.17) is 4.98 Å². The molecule has 2 heterocycles. The first-order chi connectivity index (χ1) is 18.1. The Morgan fingerprint density at radius 2 is 1.78 bits per heavy atom. The highest BCUT2D eigenvalue weighted by atomic mass is 19.1. The van der Waals surface area contributed by atoms with Crippen LogP contribution in [0.15, 0.2) is 78.9 Å². The van der Waals surface area contributed by atoms with Crippen LogP contribution in [0.1, 0.15) is 25.3 Å². The fraction of sp³-hybridized carbons (Fsp3) is 0.333. The lowest BCUT2D eigenvalue weighted by Gasteiger charge is -2.32. The zero-order chi connectivity index (χ0) is 25.6. The first-order valence-corrected chi connectivity index (χ1v) is 13.1. The normalized spacial score (nSPS) is 14.2. The number of piperidine rings is 1. The highest BCUT2D eigenvalue weighted by Crippen LogP contribution is 2.28. The van der Waals surface area contributed by atoms with Gasteiger partial charge < -0.3 is 19.7 Å². The van der Waals surface area contributed by atoms with E-state index in [0.717, 1.165) is 61.6 Å². The van der Waals surface area contributed by atoms with Crippen molar-refractivity contribution in [2.45, 2.75) is 26.3 Å². The average Bonchev–Trinajstić information content (AvgIpc) is 3.30. The monoisotopic (exact) mass is 499 g/mol. The molecule has 0 radical (unpaired) electrons. The number of nitrogens with one attached hydrogen (secondary N) is 1. The van der Waals surface area contributed by atoms with Crippen molar-refractivity contribution < 1.29 is 9.18 Å². The minimum Gasteiger partial charge on any atom is -0.370 e. The van der Waals surface area contributed by atoms with Crippen molar-refractivity contribution in [3.63, 3.8) is 0 Å². The molecule has 4 aromatic rings. The Balaban J connectivity index is 1.21. The molecule has 37 heavy (non-hydrogen) atoms. The molecule has 1 amide bonds. The summed E-state index contributed by atoms with van der Waals surface area (Å²) in [4.78, 5) is 22.4. The van der Waals surface area contributed by atoms with Crippen molar-refractivity contribution in [3.05, 3.63) is 90.2 Å². The summed E-state index contributed by atoms with van der Waals surface area (Å²) < 4.78 is 16.0. The molecule has 0 bridgehead atoms. The van der Waals surface area contributed by atoms with Gasteiger partial charge in [0.1, 0.15) is 5.82 Å². The number of likely N-dealkylation sites (N-methyl/N-ethyl adjacent to an activating group) is 1. The summed E-state index contributed by atoms with van der Waals surface area (Å²) in [6.45, 7) is 6.51. The lowest BCUT2D eigenvalue weighted by Crippen LogP contribution is -2.43. The van der Waals surface area contributed by atoms with Gasteiger partial charge in [0.15, 0.2) is 0 Å². The lowest BCUT2D eigenvalue weighted by molar-refractivity contribution is -0.125. The molecule has 0 unspecified atom stereocenters. The van der Waals surface area contributed by atoms with Gasteiger partial charge in [0.05, 0.1) is 17.6 Å². The number of amides is 1. The molecular formula is C30H34FN5O. The minimum absolute atomic E-state index is 0.00380. The van der Waals surface area contributed by atoms with Crippen LogP contribution in [0.4, 0.5) is 16.0 Å². The van der Waals surface area contributed by atoms with E-state index in [2.05, 4.69) is 44.8 Å². The fourth-order valence-electron chi connectivity index (χ4n) is 5.19. The van der Waals surface area contributed by atoms with Gasteiger partial charge in [0, 0.05) is 44.3 Å². The van der Waals surface area contributed by atoms with E-state index in [1.54, 1.807) is 12.1 Å². The molecule has 0 atom stereocenters. The van der Waals surface area contributed by atoms with Gasteiger partial charge in [-0.05, 0) is 61.7 Å². The summed E-state index contributed by atoms with van der Waals surface area (Å²) in [6, 6.07) is 25.1. The first-order valence-electron chi connectivity index (χ1n) is 13.1. The number of hydrogen-bond acceptors (Lipinski definition) is 4. The van der Waals surface area contributed by atoms with Crippen LogP contribution in [-0.4, -0.2) is 48.2 Å². The number of halogens is 1. The van der Waals surface area contributed by atoms with Crippen molar-refractivity contribution in [1.29, 1.82) is 0 Å². The summed E-state index contributed by atoms with van der Waals surface area (Å²) in [6.07, 6.45) is 1.57. The second-order valence-electron chi connectivity index (χ2n) is 9.58. The summed E-state index contributed by atoms with van der Waals surface area (Å²) in [7, 11) is 0. The maximum Gasteiger partial charge on any atom is 0.223 e. The summed E-state index contributed by atoms with van der Waals surface area (Å²) in [5.74, 6) is 0.785. The van der Waals surface area contributed by atoms with E-state index < -0.39 is 0 Å². The molecule has 7 heteroatoms. The smallest absolute Gasteiger partial charge is 0.223 e. The van der Waals surface area contributed by atoms with E-state index in [9.17, 15) is 9.18 Å². The van der Waals surface area contributed by atoms with Crippen molar-refractivity contribution in [2.75, 3.05) is 42.5 Å². The van der Waals surface area contributed by atoms with Crippen molar-refractivity contribution >= 4 is 28.6 Å². The van der Waals surface area contributed by atoms with Crippen LogP contribution in [-0.2, 0) is 11.3 Å². The number of rotatable bonds is 9. The fourth-order valence-corrected chi connectivity index (χ4v) is 5.19. The van der Waals surface area contributed by atoms with E-state index in [-0.39, 0.29) is 17.6 Å². The summed E-state index contributed by atoms with van der Waals surface area (Å²) in [5, 5.41) is 3.16. The van der Waals surface area contributed by atoms with Gasteiger partial charge in [-0.3, -0.25) is 4.79 Å². The van der Waals surface area contributed by atoms with Crippen molar-refractivity contribution in [3.8, 4) is 0 Å². The van der Waals surface area contributed by atoms with Gasteiger partial charge in [-0.15, -0.1) is 0 Å². The maximum absolute atomic E-state index is 13.8. The molecule has 1 aromatic heterocycles. The number of carbonyl (C=O) groups excluding carboxylic acids is 1. The van der Waals surface area contributed by atoms with Crippen LogP contribution in [0.3, 0.4) is 0 Å². The van der Waals surface area contributed by atoms with Crippen molar-refractivity contribution in [1.82, 2.24) is 14.9 Å². The molecule has 1 aliphatic heterocycles. The van der Waals surface area contributed by atoms with Crippen LogP contribution in [0.2, 0.25) is 0 Å². The topological polar surface area (TPSA) is 53.4 Å². The second kappa shape index (κ2) is 11.5. The second-order valence-corrected chi connectivity index (χ2v) is 9.58. The SMILES string of the molecule is CCN(CCNC(=O)C1CCN(c2nc3ccccc3n2Cc2cccc(F)c2)CC1)c1ccccc1. The predicted molar refractivity (Wildman–Crippen MR) is 148 cm³/mol. The molecule has 1 N–H and O–H groups in total. The highest BCUT2D eigenvalue weighted by molar-refractivity contribution is 5.80. The predicted octanol–water partition coefficient (Wildman–Crippen LogP) is 5.08. The Kier molecular flexibility index (Phi) is 7.68. The largest absolute Gasteiger partial charge is 0.370 e. The van der Waals surface area contributed by atoms with Crippen LogP contribution in [0, 0.1) is 11.7 Å². The van der Waals surface area contributed by atoms with E-state index in [0.29, 0.717) is 13.1 Å². The Hall–Kier alpha value is -3.87. The Morgan fingerprint density at radius 1 is 1.03 bits per heavy atom. The maximum atomic E-state index is 13.8. The molecule has 0 saturated carbocycles. The third-order valence-electron chi connectivity index (χ3n) is 7.20. The van der Waals surface area contributed by atoms with Crippen molar-refractivity contribution in [2.24, 2.45) is 5.92 Å². The molecule has 5 rings (SSSR count).